The number of nitrogens with two attached hydrogens (primary N) is 1. The molecule has 1 saturated heterocycles. The average Bonchev–Trinajstić information content (AvgIpc) is 2.61. The summed E-state index contributed by atoms with van der Waals surface area (Å²) in [5, 5.41) is 0.255. The molecule has 2 fully saturated rings. The van der Waals surface area contributed by atoms with Crippen molar-refractivity contribution in [1.82, 2.24) is 9.80 Å². The van der Waals surface area contributed by atoms with E-state index in [1.165, 1.54) is 12.1 Å². The van der Waals surface area contributed by atoms with E-state index in [1.807, 2.05) is 0 Å². The summed E-state index contributed by atoms with van der Waals surface area (Å²) < 4.78 is 13.9. The van der Waals surface area contributed by atoms with Crippen LogP contribution in [0.2, 0.25) is 5.02 Å². The van der Waals surface area contributed by atoms with E-state index in [2.05, 4.69) is 0 Å². The minimum Gasteiger partial charge on any atom is -0.338 e. The Balaban J connectivity index is 0.00000243. The molecule has 0 radical (unpaired) electrons. The molecule has 0 spiro atoms. The van der Waals surface area contributed by atoms with Crippen molar-refractivity contribution in [3.05, 3.63) is 34.6 Å². The number of rotatable bonds is 2. The number of benzene rings is 1. The number of nitrogens with zero attached hydrogens (tertiary/aromatic N) is 2. The molecular formula is C18H24Cl2FN3O2. The van der Waals surface area contributed by atoms with E-state index in [4.69, 9.17) is 17.3 Å². The van der Waals surface area contributed by atoms with Crippen molar-refractivity contribution in [2.75, 3.05) is 26.2 Å². The summed E-state index contributed by atoms with van der Waals surface area (Å²) in [5.74, 6) is -1.02. The molecule has 1 aromatic rings. The molecule has 0 aromatic heterocycles. The van der Waals surface area contributed by atoms with Crippen LogP contribution < -0.4 is 5.73 Å². The fourth-order valence-corrected chi connectivity index (χ4v) is 3.82. The summed E-state index contributed by atoms with van der Waals surface area (Å²) in [7, 11) is 0. The van der Waals surface area contributed by atoms with Crippen LogP contribution in [0.1, 0.15) is 42.5 Å². The van der Waals surface area contributed by atoms with E-state index in [9.17, 15) is 14.0 Å². The van der Waals surface area contributed by atoms with E-state index in [0.29, 0.717) is 26.2 Å². The maximum atomic E-state index is 13.9. The fraction of sp³-hybridized carbons (Fsp3) is 0.556. The number of carbonyl (C=O) groups excluding carboxylic acids is 2. The zero-order valence-corrected chi connectivity index (χ0v) is 16.1. The molecule has 1 aliphatic carbocycles. The van der Waals surface area contributed by atoms with Gasteiger partial charge in [0.15, 0.2) is 0 Å². The summed E-state index contributed by atoms with van der Waals surface area (Å²) >= 11 is 5.73. The van der Waals surface area contributed by atoms with Crippen molar-refractivity contribution >= 4 is 35.8 Å². The zero-order valence-electron chi connectivity index (χ0n) is 14.5. The number of piperazine rings is 1. The van der Waals surface area contributed by atoms with Gasteiger partial charge in [-0.2, -0.15) is 0 Å². The van der Waals surface area contributed by atoms with Gasteiger partial charge >= 0.3 is 0 Å². The summed E-state index contributed by atoms with van der Waals surface area (Å²) in [4.78, 5) is 28.5. The normalized spacial score (nSPS) is 19.7. The summed E-state index contributed by atoms with van der Waals surface area (Å²) in [6, 6.07) is 4.03. The second-order valence-corrected chi connectivity index (χ2v) is 7.36. The Bertz CT molecular complexity index is 672. The Hall–Kier alpha value is -1.37. The van der Waals surface area contributed by atoms with Gasteiger partial charge in [0.05, 0.1) is 11.1 Å². The standard InChI is InChI=1S/C18H23ClFN3O2.ClH/c19-13-4-5-14(15(20)12-13)16(24)22-8-10-23(11-9-22)17(25)18(21)6-2-1-3-7-18;/h4-5,12H,1-3,6-11,21H2;1H. The minimum atomic E-state index is -0.757. The Morgan fingerprint density at radius 1 is 1.04 bits per heavy atom. The largest absolute Gasteiger partial charge is 0.338 e. The molecule has 1 saturated carbocycles. The predicted molar refractivity (Wildman–Crippen MR) is 101 cm³/mol. The van der Waals surface area contributed by atoms with Crippen LogP contribution in [-0.4, -0.2) is 53.3 Å². The highest BCUT2D eigenvalue weighted by atomic mass is 35.5. The van der Waals surface area contributed by atoms with E-state index in [0.717, 1.165) is 38.2 Å². The second kappa shape index (κ2) is 8.55. The number of hydrogen-bond donors (Lipinski definition) is 1. The molecule has 0 unspecified atom stereocenters. The highest BCUT2D eigenvalue weighted by Crippen LogP contribution is 2.28. The third-order valence-electron chi connectivity index (χ3n) is 5.19. The molecule has 144 valence electrons. The van der Waals surface area contributed by atoms with Gasteiger partial charge in [0.25, 0.3) is 5.91 Å². The molecule has 8 heteroatoms. The maximum absolute atomic E-state index is 13.9. The van der Waals surface area contributed by atoms with Crippen molar-refractivity contribution in [3.8, 4) is 0 Å². The lowest BCUT2D eigenvalue weighted by atomic mass is 9.81. The molecular weight excluding hydrogens is 380 g/mol. The van der Waals surface area contributed by atoms with Gasteiger partial charge < -0.3 is 15.5 Å². The third kappa shape index (κ3) is 4.30. The highest BCUT2D eigenvalue weighted by Gasteiger charge is 2.39. The van der Waals surface area contributed by atoms with E-state index in [1.54, 1.807) is 9.80 Å². The van der Waals surface area contributed by atoms with Crippen molar-refractivity contribution in [1.29, 1.82) is 0 Å². The molecule has 2 N–H and O–H groups in total. The van der Waals surface area contributed by atoms with Crippen LogP contribution in [0.5, 0.6) is 0 Å². The Morgan fingerprint density at radius 2 is 1.62 bits per heavy atom. The fourth-order valence-electron chi connectivity index (χ4n) is 3.66. The average molecular weight is 404 g/mol. The van der Waals surface area contributed by atoms with Gasteiger partial charge in [0, 0.05) is 31.2 Å². The summed E-state index contributed by atoms with van der Waals surface area (Å²) in [6.07, 6.45) is 4.54. The molecule has 26 heavy (non-hydrogen) atoms. The van der Waals surface area contributed by atoms with Gasteiger partial charge in [-0.05, 0) is 31.0 Å². The first-order valence-electron chi connectivity index (χ1n) is 8.73. The molecule has 1 aliphatic heterocycles. The molecule has 5 nitrogen and oxygen atoms in total. The maximum Gasteiger partial charge on any atom is 0.256 e. The topological polar surface area (TPSA) is 66.6 Å². The lowest BCUT2D eigenvalue weighted by Crippen LogP contribution is -2.60. The first-order valence-corrected chi connectivity index (χ1v) is 9.11. The van der Waals surface area contributed by atoms with E-state index in [-0.39, 0.29) is 34.8 Å². The van der Waals surface area contributed by atoms with Gasteiger partial charge in [0.1, 0.15) is 5.82 Å². The van der Waals surface area contributed by atoms with Crippen LogP contribution in [-0.2, 0) is 4.79 Å². The Labute approximate surface area is 164 Å². The number of hydrogen-bond acceptors (Lipinski definition) is 3. The zero-order chi connectivity index (χ0) is 18.0. The van der Waals surface area contributed by atoms with Crippen LogP contribution >= 0.6 is 24.0 Å². The van der Waals surface area contributed by atoms with Crippen molar-refractivity contribution in [2.24, 2.45) is 5.73 Å². The van der Waals surface area contributed by atoms with Gasteiger partial charge in [-0.15, -0.1) is 12.4 Å². The molecule has 2 aliphatic rings. The predicted octanol–water partition coefficient (Wildman–Crippen LogP) is 2.85. The molecule has 3 rings (SSSR count). The van der Waals surface area contributed by atoms with Crippen molar-refractivity contribution < 1.29 is 14.0 Å². The molecule has 1 heterocycles. The monoisotopic (exact) mass is 403 g/mol. The number of carbonyl (C=O) groups is 2. The summed E-state index contributed by atoms with van der Waals surface area (Å²) in [5.41, 5.74) is 5.57. The Kier molecular flexibility index (Phi) is 6.88. The number of amides is 2. The van der Waals surface area contributed by atoms with E-state index >= 15 is 0 Å². The lowest BCUT2D eigenvalue weighted by Gasteiger charge is -2.41. The van der Waals surface area contributed by atoms with E-state index < -0.39 is 11.4 Å². The third-order valence-corrected chi connectivity index (χ3v) is 5.42. The van der Waals surface area contributed by atoms with Crippen LogP contribution in [0.15, 0.2) is 18.2 Å². The van der Waals surface area contributed by atoms with Crippen LogP contribution in [0, 0.1) is 5.82 Å². The molecule has 2 amide bonds. The van der Waals surface area contributed by atoms with Gasteiger partial charge in [-0.1, -0.05) is 30.9 Å². The first kappa shape index (κ1) is 20.9. The number of halogens is 3. The van der Waals surface area contributed by atoms with Gasteiger partial charge in [0.2, 0.25) is 5.91 Å². The van der Waals surface area contributed by atoms with Gasteiger partial charge in [-0.25, -0.2) is 4.39 Å². The van der Waals surface area contributed by atoms with Crippen molar-refractivity contribution in [3.63, 3.8) is 0 Å². The summed E-state index contributed by atoms with van der Waals surface area (Å²) in [6.45, 7) is 1.61. The quantitative estimate of drug-likeness (QED) is 0.825. The van der Waals surface area contributed by atoms with Crippen LogP contribution in [0.3, 0.4) is 0 Å². The second-order valence-electron chi connectivity index (χ2n) is 6.93. The highest BCUT2D eigenvalue weighted by molar-refractivity contribution is 6.30. The first-order chi connectivity index (χ1) is 11.9. The lowest BCUT2D eigenvalue weighted by molar-refractivity contribution is -0.139. The molecule has 0 atom stereocenters. The van der Waals surface area contributed by atoms with Gasteiger partial charge in [-0.3, -0.25) is 9.59 Å². The van der Waals surface area contributed by atoms with Crippen LogP contribution in [0.4, 0.5) is 4.39 Å². The molecule has 0 bridgehead atoms. The minimum absolute atomic E-state index is 0. The smallest absolute Gasteiger partial charge is 0.256 e. The SMILES string of the molecule is Cl.NC1(C(=O)N2CCN(C(=O)c3ccc(Cl)cc3F)CC2)CCCCC1. The van der Waals surface area contributed by atoms with Crippen LogP contribution in [0.25, 0.3) is 0 Å². The molecule has 1 aromatic carbocycles. The van der Waals surface area contributed by atoms with Crippen molar-refractivity contribution in [2.45, 2.75) is 37.6 Å². The Morgan fingerprint density at radius 3 is 2.19 bits per heavy atom.